The molecule has 2 aromatic rings. The van der Waals surface area contributed by atoms with Crippen LogP contribution < -0.4 is 11.5 Å². The summed E-state index contributed by atoms with van der Waals surface area (Å²) in [6, 6.07) is 6.63. The first kappa shape index (κ1) is 23.9. The summed E-state index contributed by atoms with van der Waals surface area (Å²) in [6.07, 6.45) is 5.34. The predicted octanol–water partition coefficient (Wildman–Crippen LogP) is 4.58. The molecule has 0 fully saturated rings. The lowest BCUT2D eigenvalue weighted by atomic mass is 10.0. The molecule has 1 atom stereocenters. The van der Waals surface area contributed by atoms with Crippen LogP contribution in [0, 0.1) is 0 Å². The van der Waals surface area contributed by atoms with E-state index in [0.29, 0.717) is 26.9 Å². The Morgan fingerprint density at radius 2 is 1.90 bits per heavy atom. The molecular formula is C21H22ClN3O3S. The van der Waals surface area contributed by atoms with Gasteiger partial charge in [0.15, 0.2) is 0 Å². The molecule has 1 unspecified atom stereocenters. The summed E-state index contributed by atoms with van der Waals surface area (Å²) in [5, 5.41) is 11.7. The van der Waals surface area contributed by atoms with Gasteiger partial charge in [0.25, 0.3) is 0 Å². The molecule has 0 aliphatic heterocycles. The van der Waals surface area contributed by atoms with Crippen LogP contribution in [0.4, 0.5) is 5.00 Å². The number of allylic oxidation sites excluding steroid dienone is 3. The van der Waals surface area contributed by atoms with Crippen molar-refractivity contribution in [3.63, 3.8) is 0 Å². The molecule has 6 nitrogen and oxygen atoms in total. The van der Waals surface area contributed by atoms with E-state index in [2.05, 4.69) is 18.2 Å². The number of carboxylic acid groups (broad SMARTS) is 1. The maximum Gasteiger partial charge on any atom is 0.339 e. The SMILES string of the molecule is C=C/C(N)=C(\C=C)C=NC(C)C=O.Nc1scc(-c2ccc(Cl)cc2)c1C(=O)O. The van der Waals surface area contributed by atoms with E-state index in [4.69, 9.17) is 28.2 Å². The van der Waals surface area contributed by atoms with Gasteiger partial charge in [0, 0.05) is 33.5 Å². The Morgan fingerprint density at radius 1 is 1.28 bits per heavy atom. The van der Waals surface area contributed by atoms with Crippen LogP contribution in [0.25, 0.3) is 11.1 Å². The number of carbonyl (C=O) groups is 2. The number of rotatable bonds is 7. The monoisotopic (exact) mass is 431 g/mol. The molecule has 29 heavy (non-hydrogen) atoms. The fourth-order valence-electron chi connectivity index (χ4n) is 2.03. The van der Waals surface area contributed by atoms with Crippen LogP contribution in [0.1, 0.15) is 17.3 Å². The minimum absolute atomic E-state index is 0.160. The third-order valence-corrected chi connectivity index (χ3v) is 4.67. The van der Waals surface area contributed by atoms with Gasteiger partial charge >= 0.3 is 5.97 Å². The number of carboxylic acids is 1. The van der Waals surface area contributed by atoms with E-state index in [1.807, 2.05) is 0 Å². The first-order valence-electron chi connectivity index (χ1n) is 8.34. The number of aliphatic imine (C=N–C) groups is 1. The van der Waals surface area contributed by atoms with Crippen molar-refractivity contribution in [2.75, 3.05) is 5.73 Å². The van der Waals surface area contributed by atoms with E-state index in [-0.39, 0.29) is 11.6 Å². The standard InChI is InChI=1S/C11H8ClNO2S.C10H14N2O/c12-7-3-1-6(2-4-7)8-5-16-10(13)9(8)11(14)15;1-4-9(10(11)5-2)6-12-8(3)7-13/h1-5H,13H2,(H,14,15);4-8H,1-2,11H2,3H3/b;10-9-,12-6?. The molecule has 1 heterocycles. The van der Waals surface area contributed by atoms with E-state index in [1.165, 1.54) is 23.6 Å². The number of hydrogen-bond acceptors (Lipinski definition) is 6. The van der Waals surface area contributed by atoms with Crippen LogP contribution >= 0.6 is 22.9 Å². The average Bonchev–Trinajstić information content (AvgIpc) is 3.10. The van der Waals surface area contributed by atoms with E-state index in [0.717, 1.165) is 11.8 Å². The molecule has 5 N–H and O–H groups in total. The Bertz CT molecular complexity index is 947. The van der Waals surface area contributed by atoms with Gasteiger partial charge in [-0.15, -0.1) is 11.3 Å². The Labute approximate surface area is 178 Å². The number of nitrogen functional groups attached to an aromatic ring is 1. The minimum Gasteiger partial charge on any atom is -0.478 e. The highest BCUT2D eigenvalue weighted by Crippen LogP contribution is 2.33. The molecule has 0 saturated heterocycles. The molecule has 0 bridgehead atoms. The van der Waals surface area contributed by atoms with Gasteiger partial charge in [0.05, 0.1) is 0 Å². The van der Waals surface area contributed by atoms with Gasteiger partial charge in [0.1, 0.15) is 22.9 Å². The zero-order chi connectivity index (χ0) is 22.0. The zero-order valence-corrected chi connectivity index (χ0v) is 17.4. The normalized spacial score (nSPS) is 12.3. The molecule has 0 aliphatic rings. The van der Waals surface area contributed by atoms with E-state index < -0.39 is 5.97 Å². The Balaban J connectivity index is 0.000000298. The second kappa shape index (κ2) is 11.6. The van der Waals surface area contributed by atoms with Crippen molar-refractivity contribution in [2.45, 2.75) is 13.0 Å². The average molecular weight is 432 g/mol. The summed E-state index contributed by atoms with van der Waals surface area (Å²) in [4.78, 5) is 25.2. The number of halogens is 1. The number of aromatic carboxylic acids is 1. The molecule has 0 radical (unpaired) electrons. The summed E-state index contributed by atoms with van der Waals surface area (Å²) in [5.41, 5.74) is 13.9. The summed E-state index contributed by atoms with van der Waals surface area (Å²) in [7, 11) is 0. The van der Waals surface area contributed by atoms with Crippen LogP contribution in [0.3, 0.4) is 0 Å². The van der Waals surface area contributed by atoms with Crippen molar-refractivity contribution in [2.24, 2.45) is 10.7 Å². The highest BCUT2D eigenvalue weighted by molar-refractivity contribution is 7.14. The molecule has 1 aromatic carbocycles. The lowest BCUT2D eigenvalue weighted by molar-refractivity contribution is -0.108. The van der Waals surface area contributed by atoms with E-state index >= 15 is 0 Å². The number of anilines is 1. The Kier molecular flexibility index (Phi) is 9.58. The number of hydrogen-bond donors (Lipinski definition) is 3. The maximum atomic E-state index is 11.0. The van der Waals surface area contributed by atoms with Gasteiger partial charge in [0.2, 0.25) is 0 Å². The van der Waals surface area contributed by atoms with E-state index in [9.17, 15) is 9.59 Å². The fraction of sp³-hybridized carbons (Fsp3) is 0.0952. The van der Waals surface area contributed by atoms with Gasteiger partial charge in [-0.3, -0.25) is 4.99 Å². The molecule has 0 amide bonds. The summed E-state index contributed by atoms with van der Waals surface area (Å²) in [6.45, 7) is 8.77. The van der Waals surface area contributed by atoms with Crippen molar-refractivity contribution in [1.29, 1.82) is 0 Å². The number of carbonyl (C=O) groups excluding carboxylic acids is 1. The molecule has 152 valence electrons. The van der Waals surface area contributed by atoms with Crippen molar-refractivity contribution in [3.8, 4) is 11.1 Å². The van der Waals surface area contributed by atoms with Gasteiger partial charge in [-0.25, -0.2) is 4.79 Å². The molecule has 0 spiro atoms. The lowest BCUT2D eigenvalue weighted by Crippen LogP contribution is -2.02. The van der Waals surface area contributed by atoms with Crippen molar-refractivity contribution in [3.05, 3.63) is 76.8 Å². The van der Waals surface area contributed by atoms with Crippen LogP contribution in [0.5, 0.6) is 0 Å². The maximum absolute atomic E-state index is 11.0. The summed E-state index contributed by atoms with van der Waals surface area (Å²) >= 11 is 6.99. The minimum atomic E-state index is -1.01. The van der Waals surface area contributed by atoms with E-state index in [1.54, 1.807) is 42.6 Å². The van der Waals surface area contributed by atoms with Crippen LogP contribution in [-0.2, 0) is 4.79 Å². The van der Waals surface area contributed by atoms with Crippen LogP contribution in [0.15, 0.2) is 71.2 Å². The molecule has 0 saturated carbocycles. The number of nitrogens with two attached hydrogens (primary N) is 2. The smallest absolute Gasteiger partial charge is 0.339 e. The Hall–Kier alpha value is -3.16. The quantitative estimate of drug-likeness (QED) is 0.337. The largest absolute Gasteiger partial charge is 0.478 e. The molecule has 1 aromatic heterocycles. The van der Waals surface area contributed by atoms with Crippen LogP contribution in [0.2, 0.25) is 5.02 Å². The van der Waals surface area contributed by atoms with Gasteiger partial charge in [-0.2, -0.15) is 0 Å². The highest BCUT2D eigenvalue weighted by Gasteiger charge is 2.17. The third kappa shape index (κ3) is 7.06. The number of aldehydes is 1. The lowest BCUT2D eigenvalue weighted by Gasteiger charge is -2.01. The zero-order valence-electron chi connectivity index (χ0n) is 15.8. The summed E-state index contributed by atoms with van der Waals surface area (Å²) < 4.78 is 0. The number of thiophene rings is 1. The number of nitrogens with zero attached hydrogens (tertiary/aromatic N) is 1. The second-order valence-corrected chi connectivity index (χ2v) is 7.02. The van der Waals surface area contributed by atoms with Crippen LogP contribution in [-0.4, -0.2) is 29.6 Å². The van der Waals surface area contributed by atoms with Gasteiger partial charge in [-0.1, -0.05) is 43.0 Å². The molecular weight excluding hydrogens is 410 g/mol. The van der Waals surface area contributed by atoms with Crippen molar-refractivity contribution >= 4 is 46.4 Å². The van der Waals surface area contributed by atoms with Crippen molar-refractivity contribution in [1.82, 2.24) is 0 Å². The van der Waals surface area contributed by atoms with Gasteiger partial charge < -0.3 is 21.4 Å². The highest BCUT2D eigenvalue weighted by atomic mass is 35.5. The second-order valence-electron chi connectivity index (χ2n) is 5.67. The molecule has 8 heteroatoms. The number of benzene rings is 1. The van der Waals surface area contributed by atoms with Crippen molar-refractivity contribution < 1.29 is 14.7 Å². The molecule has 2 rings (SSSR count). The predicted molar refractivity (Wildman–Crippen MR) is 122 cm³/mol. The Morgan fingerprint density at radius 3 is 2.38 bits per heavy atom. The topological polar surface area (TPSA) is 119 Å². The third-order valence-electron chi connectivity index (χ3n) is 3.61. The molecule has 0 aliphatic carbocycles. The van der Waals surface area contributed by atoms with Gasteiger partial charge in [-0.05, 0) is 30.7 Å². The summed E-state index contributed by atoms with van der Waals surface area (Å²) in [5.74, 6) is -1.01. The first-order valence-corrected chi connectivity index (χ1v) is 9.60. The fourth-order valence-corrected chi connectivity index (χ4v) is 2.97. The first-order chi connectivity index (χ1) is 13.7.